The smallest absolute Gasteiger partial charge is 0.314 e. The maximum atomic E-state index is 13.0. The fourth-order valence-electron chi connectivity index (χ4n) is 4.42. The SMILES string of the molecule is Cc1cccc(NC(=O)N2C3CCC2c2cnc(-c4ccccc4)nc2C3)c1. The standard InChI is InChI=1S/C23H22N4O/c1-15-6-5-9-17(12-15)25-23(28)27-18-10-11-21(27)19-14-24-22(26-20(19)13-18)16-7-3-2-4-8-16/h2-9,12,14,18,21H,10-11,13H2,1H3,(H,25,28). The van der Waals surface area contributed by atoms with Crippen LogP contribution in [0.5, 0.6) is 0 Å². The van der Waals surface area contributed by atoms with Crippen molar-refractivity contribution in [2.45, 2.75) is 38.3 Å². The summed E-state index contributed by atoms with van der Waals surface area (Å²) in [6.45, 7) is 2.03. The van der Waals surface area contributed by atoms with Crippen LogP contribution < -0.4 is 5.32 Å². The zero-order valence-corrected chi connectivity index (χ0v) is 15.8. The van der Waals surface area contributed by atoms with Gasteiger partial charge in [-0.15, -0.1) is 0 Å². The van der Waals surface area contributed by atoms with Crippen LogP contribution >= 0.6 is 0 Å². The van der Waals surface area contributed by atoms with E-state index in [2.05, 4.69) is 10.3 Å². The highest BCUT2D eigenvalue weighted by Gasteiger charge is 2.43. The molecule has 2 aliphatic heterocycles. The molecule has 2 aliphatic rings. The van der Waals surface area contributed by atoms with Gasteiger partial charge in [0.15, 0.2) is 5.82 Å². The Kier molecular flexibility index (Phi) is 4.08. The minimum absolute atomic E-state index is 0.0316. The van der Waals surface area contributed by atoms with Crippen molar-refractivity contribution >= 4 is 11.7 Å². The fraction of sp³-hybridized carbons (Fsp3) is 0.261. The number of benzene rings is 2. The van der Waals surface area contributed by atoms with Crippen LogP contribution in [0, 0.1) is 6.92 Å². The maximum Gasteiger partial charge on any atom is 0.322 e. The molecule has 1 N–H and O–H groups in total. The van der Waals surface area contributed by atoms with Gasteiger partial charge in [0, 0.05) is 35.5 Å². The Morgan fingerprint density at radius 2 is 1.96 bits per heavy atom. The van der Waals surface area contributed by atoms with Crippen molar-refractivity contribution in [3.63, 3.8) is 0 Å². The summed E-state index contributed by atoms with van der Waals surface area (Å²) in [6.07, 6.45) is 4.68. The number of nitrogens with zero attached hydrogens (tertiary/aromatic N) is 3. The molecule has 5 nitrogen and oxygen atoms in total. The van der Waals surface area contributed by atoms with E-state index in [0.29, 0.717) is 0 Å². The Labute approximate surface area is 164 Å². The quantitative estimate of drug-likeness (QED) is 0.708. The fourth-order valence-corrected chi connectivity index (χ4v) is 4.42. The predicted molar refractivity (Wildman–Crippen MR) is 109 cm³/mol. The van der Waals surface area contributed by atoms with Gasteiger partial charge >= 0.3 is 6.03 Å². The Hall–Kier alpha value is -3.21. The normalized spacial score (nSPS) is 20.0. The van der Waals surface area contributed by atoms with Gasteiger partial charge in [-0.1, -0.05) is 42.5 Å². The second-order valence-electron chi connectivity index (χ2n) is 7.62. The molecule has 2 atom stereocenters. The van der Waals surface area contributed by atoms with Gasteiger partial charge in [0.05, 0.1) is 11.7 Å². The first-order valence-corrected chi connectivity index (χ1v) is 9.76. The first-order chi connectivity index (χ1) is 13.7. The number of amides is 2. The van der Waals surface area contributed by atoms with E-state index in [-0.39, 0.29) is 18.1 Å². The Bertz CT molecular complexity index is 1030. The third-order valence-corrected chi connectivity index (χ3v) is 5.73. The molecule has 1 saturated heterocycles. The van der Waals surface area contributed by atoms with Gasteiger partial charge in [0.25, 0.3) is 0 Å². The molecule has 3 heterocycles. The van der Waals surface area contributed by atoms with E-state index < -0.39 is 0 Å². The minimum Gasteiger partial charge on any atom is -0.314 e. The average molecular weight is 370 g/mol. The number of fused-ring (bicyclic) bond motifs is 4. The number of nitrogens with one attached hydrogen (secondary N) is 1. The lowest BCUT2D eigenvalue weighted by atomic mass is 9.99. The molecule has 28 heavy (non-hydrogen) atoms. The molecule has 5 rings (SSSR count). The number of aromatic nitrogens is 2. The van der Waals surface area contributed by atoms with E-state index in [0.717, 1.165) is 53.2 Å². The highest BCUT2D eigenvalue weighted by atomic mass is 16.2. The highest BCUT2D eigenvalue weighted by Crippen LogP contribution is 2.43. The molecule has 1 fully saturated rings. The summed E-state index contributed by atoms with van der Waals surface area (Å²) in [5.41, 5.74) is 5.17. The van der Waals surface area contributed by atoms with Crippen LogP contribution in [-0.2, 0) is 6.42 Å². The van der Waals surface area contributed by atoms with Crippen LogP contribution in [0.2, 0.25) is 0 Å². The predicted octanol–water partition coefficient (Wildman–Crippen LogP) is 4.75. The molecule has 140 valence electrons. The molecule has 1 aromatic heterocycles. The zero-order valence-electron chi connectivity index (χ0n) is 15.8. The summed E-state index contributed by atoms with van der Waals surface area (Å²) in [4.78, 5) is 24.5. The van der Waals surface area contributed by atoms with Crippen LogP contribution in [0.15, 0.2) is 60.8 Å². The van der Waals surface area contributed by atoms with Crippen molar-refractivity contribution < 1.29 is 4.79 Å². The summed E-state index contributed by atoms with van der Waals surface area (Å²) < 4.78 is 0. The third-order valence-electron chi connectivity index (χ3n) is 5.73. The largest absolute Gasteiger partial charge is 0.322 e. The minimum atomic E-state index is -0.0316. The van der Waals surface area contributed by atoms with Gasteiger partial charge in [-0.2, -0.15) is 0 Å². The van der Waals surface area contributed by atoms with Crippen molar-refractivity contribution in [2.75, 3.05) is 5.32 Å². The van der Waals surface area contributed by atoms with Crippen LogP contribution in [0.4, 0.5) is 10.5 Å². The Balaban J connectivity index is 1.42. The number of carbonyl (C=O) groups excluding carboxylic acids is 1. The summed E-state index contributed by atoms with van der Waals surface area (Å²) in [5, 5.41) is 3.07. The molecule has 0 aliphatic carbocycles. The Morgan fingerprint density at radius 3 is 2.79 bits per heavy atom. The molecule has 2 bridgehead atoms. The van der Waals surface area contributed by atoms with Crippen molar-refractivity contribution in [1.29, 1.82) is 0 Å². The molecular weight excluding hydrogens is 348 g/mol. The van der Waals surface area contributed by atoms with Crippen LogP contribution in [0.25, 0.3) is 11.4 Å². The third kappa shape index (κ3) is 2.93. The van der Waals surface area contributed by atoms with Crippen molar-refractivity contribution in [3.05, 3.63) is 77.6 Å². The second-order valence-corrected chi connectivity index (χ2v) is 7.62. The molecule has 2 aromatic carbocycles. The van der Waals surface area contributed by atoms with Gasteiger partial charge in [-0.05, 0) is 37.5 Å². The molecular formula is C23H22N4O. The van der Waals surface area contributed by atoms with E-state index in [9.17, 15) is 4.79 Å². The average Bonchev–Trinajstić information content (AvgIpc) is 3.03. The van der Waals surface area contributed by atoms with Crippen LogP contribution in [0.3, 0.4) is 0 Å². The summed E-state index contributed by atoms with van der Waals surface area (Å²) in [6, 6.07) is 18.2. The number of carbonyl (C=O) groups is 1. The molecule has 0 spiro atoms. The first-order valence-electron chi connectivity index (χ1n) is 9.76. The van der Waals surface area contributed by atoms with E-state index >= 15 is 0 Å². The lowest BCUT2D eigenvalue weighted by Crippen LogP contribution is -2.44. The molecule has 3 aromatic rings. The van der Waals surface area contributed by atoms with Gasteiger partial charge in [-0.25, -0.2) is 14.8 Å². The summed E-state index contributed by atoms with van der Waals surface area (Å²) >= 11 is 0. The lowest BCUT2D eigenvalue weighted by Gasteiger charge is -2.35. The number of urea groups is 1. The van der Waals surface area contributed by atoms with E-state index in [1.807, 2.05) is 72.6 Å². The summed E-state index contributed by atoms with van der Waals surface area (Å²) in [7, 11) is 0. The first kappa shape index (κ1) is 16.9. The number of anilines is 1. The molecule has 0 radical (unpaired) electrons. The van der Waals surface area contributed by atoms with E-state index in [1.165, 1.54) is 0 Å². The molecule has 0 saturated carbocycles. The van der Waals surface area contributed by atoms with Gasteiger partial charge in [0.2, 0.25) is 0 Å². The number of hydrogen-bond acceptors (Lipinski definition) is 3. The van der Waals surface area contributed by atoms with Crippen molar-refractivity contribution in [2.24, 2.45) is 0 Å². The number of aryl methyl sites for hydroxylation is 1. The van der Waals surface area contributed by atoms with E-state index in [1.54, 1.807) is 0 Å². The van der Waals surface area contributed by atoms with Gasteiger partial charge in [-0.3, -0.25) is 0 Å². The van der Waals surface area contributed by atoms with Gasteiger partial charge < -0.3 is 10.2 Å². The van der Waals surface area contributed by atoms with Crippen molar-refractivity contribution in [1.82, 2.24) is 14.9 Å². The van der Waals surface area contributed by atoms with E-state index in [4.69, 9.17) is 4.98 Å². The van der Waals surface area contributed by atoms with Crippen LogP contribution in [0.1, 0.15) is 35.7 Å². The highest BCUT2D eigenvalue weighted by molar-refractivity contribution is 5.90. The van der Waals surface area contributed by atoms with Crippen LogP contribution in [-0.4, -0.2) is 26.9 Å². The lowest BCUT2D eigenvalue weighted by molar-refractivity contribution is 0.178. The van der Waals surface area contributed by atoms with Gasteiger partial charge in [0.1, 0.15) is 0 Å². The topological polar surface area (TPSA) is 58.1 Å². The molecule has 2 amide bonds. The zero-order chi connectivity index (χ0) is 19.1. The monoisotopic (exact) mass is 370 g/mol. The van der Waals surface area contributed by atoms with Crippen molar-refractivity contribution in [3.8, 4) is 11.4 Å². The maximum absolute atomic E-state index is 13.0. The number of rotatable bonds is 2. The molecule has 2 unspecified atom stereocenters. The second kappa shape index (κ2) is 6.75. The summed E-state index contributed by atoms with van der Waals surface area (Å²) in [5.74, 6) is 0.761. The Morgan fingerprint density at radius 1 is 1.11 bits per heavy atom. The molecule has 5 heteroatoms. The number of hydrogen-bond donors (Lipinski definition) is 1.